The standard InChI is InChI=1S/C21H13ClN2O4S/c22-15-7-3-1-5-13(15)17-10-9-12(28-17)11-18-19(25)24-21(29-18)23-16-8-4-2-6-14(16)20(26)27/h1-11H,(H,26,27)(H,23,24,25). The second-order valence-electron chi connectivity index (χ2n) is 5.99. The highest BCUT2D eigenvalue weighted by Crippen LogP contribution is 2.32. The minimum atomic E-state index is -1.09. The number of furan rings is 1. The molecule has 3 aromatic rings. The number of thioether (sulfide) groups is 1. The van der Waals surface area contributed by atoms with Gasteiger partial charge in [-0.05, 0) is 48.2 Å². The summed E-state index contributed by atoms with van der Waals surface area (Å²) >= 11 is 7.30. The van der Waals surface area contributed by atoms with E-state index < -0.39 is 5.97 Å². The van der Waals surface area contributed by atoms with Crippen LogP contribution in [0.3, 0.4) is 0 Å². The minimum Gasteiger partial charge on any atom is -0.478 e. The lowest BCUT2D eigenvalue weighted by Crippen LogP contribution is -2.19. The molecule has 4 rings (SSSR count). The topological polar surface area (TPSA) is 91.9 Å². The summed E-state index contributed by atoms with van der Waals surface area (Å²) in [6.07, 6.45) is 1.60. The first kappa shape index (κ1) is 19.0. The Kier molecular flexibility index (Phi) is 5.24. The number of hydrogen-bond donors (Lipinski definition) is 2. The van der Waals surface area contributed by atoms with Gasteiger partial charge in [-0.1, -0.05) is 35.9 Å². The zero-order valence-corrected chi connectivity index (χ0v) is 16.3. The third kappa shape index (κ3) is 4.11. The van der Waals surface area contributed by atoms with Crippen LogP contribution >= 0.6 is 23.4 Å². The maximum absolute atomic E-state index is 12.3. The van der Waals surface area contributed by atoms with E-state index in [4.69, 9.17) is 16.0 Å². The van der Waals surface area contributed by atoms with Gasteiger partial charge < -0.3 is 14.8 Å². The molecule has 29 heavy (non-hydrogen) atoms. The number of halogens is 1. The molecule has 2 aromatic carbocycles. The highest BCUT2D eigenvalue weighted by atomic mass is 35.5. The van der Waals surface area contributed by atoms with Gasteiger partial charge >= 0.3 is 5.97 Å². The summed E-state index contributed by atoms with van der Waals surface area (Å²) in [6.45, 7) is 0. The van der Waals surface area contributed by atoms with Gasteiger partial charge in [-0.2, -0.15) is 0 Å². The molecule has 2 heterocycles. The van der Waals surface area contributed by atoms with E-state index in [1.165, 1.54) is 6.07 Å². The lowest BCUT2D eigenvalue weighted by molar-refractivity contribution is -0.115. The molecule has 1 fully saturated rings. The van der Waals surface area contributed by atoms with E-state index in [9.17, 15) is 14.7 Å². The molecule has 0 atom stereocenters. The van der Waals surface area contributed by atoms with E-state index >= 15 is 0 Å². The fraction of sp³-hybridized carbons (Fsp3) is 0. The minimum absolute atomic E-state index is 0.0581. The van der Waals surface area contributed by atoms with Crippen LogP contribution in [-0.2, 0) is 4.79 Å². The summed E-state index contributed by atoms with van der Waals surface area (Å²) in [5, 5.41) is 12.8. The highest BCUT2D eigenvalue weighted by Gasteiger charge is 2.25. The zero-order valence-electron chi connectivity index (χ0n) is 14.8. The van der Waals surface area contributed by atoms with Gasteiger partial charge in [-0.15, -0.1) is 0 Å². The van der Waals surface area contributed by atoms with Gasteiger partial charge in [0.2, 0.25) is 0 Å². The number of aliphatic imine (C=N–C) groups is 1. The highest BCUT2D eigenvalue weighted by molar-refractivity contribution is 8.18. The van der Waals surface area contributed by atoms with Crippen molar-refractivity contribution in [3.05, 3.63) is 81.9 Å². The van der Waals surface area contributed by atoms with Gasteiger partial charge in [0.1, 0.15) is 11.5 Å². The van der Waals surface area contributed by atoms with E-state index in [1.807, 2.05) is 18.2 Å². The van der Waals surface area contributed by atoms with Crippen molar-refractivity contribution in [2.24, 2.45) is 4.99 Å². The van der Waals surface area contributed by atoms with Crippen LogP contribution in [0.5, 0.6) is 0 Å². The number of para-hydroxylation sites is 1. The summed E-state index contributed by atoms with van der Waals surface area (Å²) in [6, 6.07) is 17.2. The first-order valence-corrected chi connectivity index (χ1v) is 9.67. The third-order valence-corrected chi connectivity index (χ3v) is 5.29. The smallest absolute Gasteiger partial charge is 0.337 e. The maximum atomic E-state index is 12.3. The number of carboxylic acid groups (broad SMARTS) is 1. The Bertz CT molecular complexity index is 1180. The first-order valence-electron chi connectivity index (χ1n) is 8.48. The molecule has 0 spiro atoms. The van der Waals surface area contributed by atoms with E-state index in [0.29, 0.717) is 26.6 Å². The van der Waals surface area contributed by atoms with Gasteiger partial charge in [-0.25, -0.2) is 9.79 Å². The molecule has 2 N–H and O–H groups in total. The van der Waals surface area contributed by atoms with Crippen molar-refractivity contribution in [3.63, 3.8) is 0 Å². The molecule has 144 valence electrons. The van der Waals surface area contributed by atoms with E-state index in [-0.39, 0.29) is 17.2 Å². The molecule has 0 unspecified atom stereocenters. The van der Waals surface area contributed by atoms with Crippen molar-refractivity contribution in [1.29, 1.82) is 0 Å². The van der Waals surface area contributed by atoms with Crippen molar-refractivity contribution in [2.45, 2.75) is 0 Å². The lowest BCUT2D eigenvalue weighted by Gasteiger charge is -2.00. The summed E-state index contributed by atoms with van der Waals surface area (Å²) in [5.74, 6) is -0.338. The number of hydrogen-bond acceptors (Lipinski definition) is 5. The molecule has 0 aliphatic carbocycles. The lowest BCUT2D eigenvalue weighted by atomic mass is 10.2. The van der Waals surface area contributed by atoms with Crippen molar-refractivity contribution in [1.82, 2.24) is 5.32 Å². The van der Waals surface area contributed by atoms with Gasteiger partial charge in [0.05, 0.1) is 21.2 Å². The van der Waals surface area contributed by atoms with Crippen LogP contribution in [0.25, 0.3) is 17.4 Å². The molecule has 1 amide bonds. The Morgan fingerprint density at radius 3 is 2.66 bits per heavy atom. The second-order valence-corrected chi connectivity index (χ2v) is 7.42. The van der Waals surface area contributed by atoms with Crippen molar-refractivity contribution < 1.29 is 19.1 Å². The summed E-state index contributed by atoms with van der Waals surface area (Å²) in [4.78, 5) is 28.2. The number of carbonyl (C=O) groups excluding carboxylic acids is 1. The van der Waals surface area contributed by atoms with Gasteiger partial charge in [0.25, 0.3) is 5.91 Å². The largest absolute Gasteiger partial charge is 0.478 e. The monoisotopic (exact) mass is 424 g/mol. The average molecular weight is 425 g/mol. The van der Waals surface area contributed by atoms with Crippen LogP contribution in [-0.4, -0.2) is 22.2 Å². The fourth-order valence-corrected chi connectivity index (χ4v) is 3.75. The first-order chi connectivity index (χ1) is 14.0. The molecule has 0 bridgehead atoms. The summed E-state index contributed by atoms with van der Waals surface area (Å²) in [5.41, 5.74) is 1.08. The zero-order chi connectivity index (χ0) is 20.4. The van der Waals surface area contributed by atoms with Crippen LogP contribution in [0, 0.1) is 0 Å². The van der Waals surface area contributed by atoms with Crippen molar-refractivity contribution in [2.75, 3.05) is 0 Å². The molecular weight excluding hydrogens is 412 g/mol. The number of aromatic carboxylic acids is 1. The van der Waals surface area contributed by atoms with Crippen LogP contribution in [0.2, 0.25) is 5.02 Å². The van der Waals surface area contributed by atoms with E-state index in [2.05, 4.69) is 10.3 Å². The van der Waals surface area contributed by atoms with Crippen LogP contribution in [0.15, 0.2) is 75.0 Å². The Hall–Kier alpha value is -3.29. The van der Waals surface area contributed by atoms with Crippen LogP contribution in [0.4, 0.5) is 5.69 Å². The maximum Gasteiger partial charge on any atom is 0.337 e. The fourth-order valence-electron chi connectivity index (χ4n) is 2.71. The number of carbonyl (C=O) groups is 2. The Morgan fingerprint density at radius 2 is 1.86 bits per heavy atom. The van der Waals surface area contributed by atoms with Crippen LogP contribution < -0.4 is 5.32 Å². The van der Waals surface area contributed by atoms with Crippen LogP contribution in [0.1, 0.15) is 16.1 Å². The summed E-state index contributed by atoms with van der Waals surface area (Å²) < 4.78 is 5.79. The number of nitrogens with zero attached hydrogens (tertiary/aromatic N) is 1. The number of rotatable bonds is 4. The quantitative estimate of drug-likeness (QED) is 0.562. The Balaban J connectivity index is 1.59. The SMILES string of the molecule is O=C1NC(=Nc2ccccc2C(=O)O)SC1=Cc1ccc(-c2ccccc2Cl)o1. The Morgan fingerprint density at radius 1 is 1.10 bits per heavy atom. The molecule has 0 radical (unpaired) electrons. The van der Waals surface area contributed by atoms with Crippen molar-refractivity contribution >= 4 is 52.2 Å². The molecule has 1 aliphatic rings. The molecule has 1 aromatic heterocycles. The molecule has 6 nitrogen and oxygen atoms in total. The van der Waals surface area contributed by atoms with Gasteiger partial charge in [0, 0.05) is 11.6 Å². The van der Waals surface area contributed by atoms with E-state index in [1.54, 1.807) is 42.5 Å². The molecule has 1 saturated heterocycles. The number of benzene rings is 2. The average Bonchev–Trinajstić information content (AvgIpc) is 3.29. The predicted octanol–water partition coefficient (Wildman–Crippen LogP) is 5.19. The third-order valence-electron chi connectivity index (χ3n) is 4.05. The molecular formula is C21H13ClN2O4S. The second kappa shape index (κ2) is 7.98. The summed E-state index contributed by atoms with van der Waals surface area (Å²) in [7, 11) is 0. The molecule has 1 aliphatic heterocycles. The predicted molar refractivity (Wildman–Crippen MR) is 113 cm³/mol. The number of nitrogens with one attached hydrogen (secondary N) is 1. The molecule has 0 saturated carbocycles. The van der Waals surface area contributed by atoms with Gasteiger partial charge in [-0.3, -0.25) is 4.79 Å². The van der Waals surface area contributed by atoms with Crippen molar-refractivity contribution in [3.8, 4) is 11.3 Å². The Labute approximate surface area is 174 Å². The normalized spacial score (nSPS) is 16.4. The van der Waals surface area contributed by atoms with E-state index in [0.717, 1.165) is 17.3 Å². The number of amides is 1. The van der Waals surface area contributed by atoms with Gasteiger partial charge in [0.15, 0.2) is 5.17 Å². The molecule has 8 heteroatoms. The number of carboxylic acids is 1. The number of amidine groups is 1.